The van der Waals surface area contributed by atoms with Crippen LogP contribution >= 0.6 is 0 Å². The summed E-state index contributed by atoms with van der Waals surface area (Å²) in [6.07, 6.45) is 2.97. The van der Waals surface area contributed by atoms with Crippen molar-refractivity contribution in [1.82, 2.24) is 0 Å². The summed E-state index contributed by atoms with van der Waals surface area (Å²) >= 11 is 0. The number of benzene rings is 2. The summed E-state index contributed by atoms with van der Waals surface area (Å²) in [5.74, 6) is 2.94. The van der Waals surface area contributed by atoms with Gasteiger partial charge < -0.3 is 18.9 Å². The fraction of sp³-hybridized carbons (Fsp3) is 0.300. The maximum Gasteiger partial charge on any atom is 0.161 e. The summed E-state index contributed by atoms with van der Waals surface area (Å²) in [5.41, 5.74) is 3.47. The van der Waals surface area contributed by atoms with Gasteiger partial charge in [-0.15, -0.1) is 0 Å². The Morgan fingerprint density at radius 2 is 1.29 bits per heavy atom. The van der Waals surface area contributed by atoms with Crippen LogP contribution in [0.2, 0.25) is 0 Å². The Morgan fingerprint density at radius 1 is 0.750 bits per heavy atom. The van der Waals surface area contributed by atoms with E-state index in [1.54, 1.807) is 28.4 Å². The van der Waals surface area contributed by atoms with E-state index < -0.39 is 0 Å². The van der Waals surface area contributed by atoms with Crippen LogP contribution in [0.4, 0.5) is 0 Å². The summed E-state index contributed by atoms with van der Waals surface area (Å²) in [7, 11) is 6.56. The van der Waals surface area contributed by atoms with Gasteiger partial charge in [0, 0.05) is 0 Å². The van der Waals surface area contributed by atoms with E-state index >= 15 is 0 Å². The molecule has 0 aliphatic rings. The first-order valence-corrected chi connectivity index (χ1v) is 7.71. The maximum atomic E-state index is 5.36. The Labute approximate surface area is 143 Å². The van der Waals surface area contributed by atoms with Crippen LogP contribution in [0.25, 0.3) is 6.08 Å². The topological polar surface area (TPSA) is 36.9 Å². The minimum atomic E-state index is 0.727. The van der Waals surface area contributed by atoms with Crippen molar-refractivity contribution in [2.45, 2.75) is 13.3 Å². The Bertz CT molecular complexity index is 720. The molecule has 0 aliphatic heterocycles. The van der Waals surface area contributed by atoms with E-state index in [1.807, 2.05) is 36.4 Å². The molecule has 0 aromatic heterocycles. The molecule has 0 saturated carbocycles. The van der Waals surface area contributed by atoms with E-state index in [0.29, 0.717) is 0 Å². The van der Waals surface area contributed by atoms with Crippen molar-refractivity contribution in [3.8, 4) is 23.0 Å². The molecule has 4 heteroatoms. The van der Waals surface area contributed by atoms with Gasteiger partial charge in [-0.2, -0.15) is 0 Å². The molecule has 4 nitrogen and oxygen atoms in total. The molecule has 2 rings (SSSR count). The van der Waals surface area contributed by atoms with E-state index in [9.17, 15) is 0 Å². The molecule has 0 radical (unpaired) electrons. The van der Waals surface area contributed by atoms with Gasteiger partial charge in [0.25, 0.3) is 0 Å². The zero-order chi connectivity index (χ0) is 17.5. The second kappa shape index (κ2) is 8.29. The van der Waals surface area contributed by atoms with Gasteiger partial charge in [-0.25, -0.2) is 0 Å². The van der Waals surface area contributed by atoms with E-state index in [4.69, 9.17) is 18.9 Å². The van der Waals surface area contributed by atoms with Crippen LogP contribution in [0.15, 0.2) is 42.0 Å². The highest BCUT2D eigenvalue weighted by atomic mass is 16.5. The van der Waals surface area contributed by atoms with Crippen molar-refractivity contribution in [1.29, 1.82) is 0 Å². The zero-order valence-electron chi connectivity index (χ0n) is 14.9. The Balaban J connectivity index is 2.20. The smallest absolute Gasteiger partial charge is 0.161 e. The SMILES string of the molecule is COc1ccc(/C=C(\C)Cc2ccc(OC)c(OC)c2)cc1OC. The van der Waals surface area contributed by atoms with Gasteiger partial charge in [-0.1, -0.05) is 23.8 Å². The second-order valence-electron chi connectivity index (χ2n) is 5.47. The number of hydrogen-bond acceptors (Lipinski definition) is 4. The average Bonchev–Trinajstić information content (AvgIpc) is 2.61. The Morgan fingerprint density at radius 3 is 1.88 bits per heavy atom. The molecule has 0 N–H and O–H groups in total. The highest BCUT2D eigenvalue weighted by Crippen LogP contribution is 2.30. The van der Waals surface area contributed by atoms with Gasteiger partial charge in [0.15, 0.2) is 23.0 Å². The summed E-state index contributed by atoms with van der Waals surface area (Å²) in [4.78, 5) is 0. The summed E-state index contributed by atoms with van der Waals surface area (Å²) < 4.78 is 21.2. The number of hydrogen-bond donors (Lipinski definition) is 0. The van der Waals surface area contributed by atoms with Gasteiger partial charge >= 0.3 is 0 Å². The molecular formula is C20H24O4. The van der Waals surface area contributed by atoms with Crippen molar-refractivity contribution in [2.24, 2.45) is 0 Å². The fourth-order valence-corrected chi connectivity index (χ4v) is 2.59. The molecule has 24 heavy (non-hydrogen) atoms. The third-order valence-electron chi connectivity index (χ3n) is 3.75. The number of rotatable bonds is 7. The van der Waals surface area contributed by atoms with E-state index in [1.165, 1.54) is 11.1 Å². The van der Waals surface area contributed by atoms with Gasteiger partial charge in [0.1, 0.15) is 0 Å². The molecule has 0 unspecified atom stereocenters. The highest BCUT2D eigenvalue weighted by Gasteiger charge is 2.06. The van der Waals surface area contributed by atoms with Crippen molar-refractivity contribution in [3.63, 3.8) is 0 Å². The lowest BCUT2D eigenvalue weighted by atomic mass is 10.0. The molecule has 2 aromatic carbocycles. The first kappa shape index (κ1) is 17.7. The molecule has 2 aromatic rings. The molecule has 0 heterocycles. The van der Waals surface area contributed by atoms with E-state index in [2.05, 4.69) is 13.0 Å². The van der Waals surface area contributed by atoms with Crippen LogP contribution in [0.1, 0.15) is 18.1 Å². The summed E-state index contributed by atoms with van der Waals surface area (Å²) in [5, 5.41) is 0. The highest BCUT2D eigenvalue weighted by molar-refractivity contribution is 5.58. The molecule has 128 valence electrons. The van der Waals surface area contributed by atoms with Gasteiger partial charge in [-0.05, 0) is 48.7 Å². The van der Waals surface area contributed by atoms with Gasteiger partial charge in [0.05, 0.1) is 28.4 Å². The first-order valence-electron chi connectivity index (χ1n) is 7.71. The molecule has 0 spiro atoms. The Hall–Kier alpha value is -2.62. The van der Waals surface area contributed by atoms with Gasteiger partial charge in [-0.3, -0.25) is 0 Å². The predicted octanol–water partition coefficient (Wildman–Crippen LogP) is 4.37. The lowest BCUT2D eigenvalue weighted by Crippen LogP contribution is -1.94. The Kier molecular flexibility index (Phi) is 6.13. The molecule has 0 aliphatic carbocycles. The quantitative estimate of drug-likeness (QED) is 0.756. The summed E-state index contributed by atoms with van der Waals surface area (Å²) in [6, 6.07) is 11.9. The number of allylic oxidation sites excluding steroid dienone is 1. The number of ether oxygens (including phenoxy) is 4. The molecule has 0 atom stereocenters. The van der Waals surface area contributed by atoms with Crippen LogP contribution in [-0.2, 0) is 6.42 Å². The molecule has 0 fully saturated rings. The molecule has 0 bridgehead atoms. The van der Waals surface area contributed by atoms with Crippen molar-refractivity contribution in [2.75, 3.05) is 28.4 Å². The minimum Gasteiger partial charge on any atom is -0.493 e. The second-order valence-corrected chi connectivity index (χ2v) is 5.47. The lowest BCUT2D eigenvalue weighted by molar-refractivity contribution is 0.354. The number of methoxy groups -OCH3 is 4. The normalized spacial score (nSPS) is 11.1. The van der Waals surface area contributed by atoms with E-state index in [-0.39, 0.29) is 0 Å². The third-order valence-corrected chi connectivity index (χ3v) is 3.75. The van der Waals surface area contributed by atoms with Crippen LogP contribution < -0.4 is 18.9 Å². The van der Waals surface area contributed by atoms with Crippen molar-refractivity contribution in [3.05, 3.63) is 53.1 Å². The van der Waals surface area contributed by atoms with Crippen LogP contribution in [0.5, 0.6) is 23.0 Å². The van der Waals surface area contributed by atoms with Crippen molar-refractivity contribution >= 4 is 6.08 Å². The van der Waals surface area contributed by atoms with Crippen LogP contribution in [-0.4, -0.2) is 28.4 Å². The first-order chi connectivity index (χ1) is 11.6. The molecule has 0 amide bonds. The standard InChI is InChI=1S/C20H24O4/c1-14(10-15-6-8-17(21-2)19(12-15)23-4)11-16-7-9-18(22-3)20(13-16)24-5/h6-10,12-13H,11H2,1-5H3/b14-10+. The largest absolute Gasteiger partial charge is 0.493 e. The third kappa shape index (κ3) is 4.22. The predicted molar refractivity (Wildman–Crippen MR) is 96.4 cm³/mol. The van der Waals surface area contributed by atoms with Crippen molar-refractivity contribution < 1.29 is 18.9 Å². The molecular weight excluding hydrogens is 304 g/mol. The maximum absolute atomic E-state index is 5.36. The minimum absolute atomic E-state index is 0.727. The van der Waals surface area contributed by atoms with Crippen LogP contribution in [0.3, 0.4) is 0 Å². The zero-order valence-corrected chi connectivity index (χ0v) is 14.9. The molecule has 0 saturated heterocycles. The van der Waals surface area contributed by atoms with Gasteiger partial charge in [0.2, 0.25) is 0 Å². The van der Waals surface area contributed by atoms with E-state index in [0.717, 1.165) is 35.0 Å². The monoisotopic (exact) mass is 328 g/mol. The average molecular weight is 328 g/mol. The fourth-order valence-electron chi connectivity index (χ4n) is 2.59. The van der Waals surface area contributed by atoms with Crippen LogP contribution in [0, 0.1) is 0 Å². The summed E-state index contributed by atoms with van der Waals surface area (Å²) in [6.45, 7) is 2.10. The lowest BCUT2D eigenvalue weighted by Gasteiger charge is -2.10.